The highest BCUT2D eigenvalue weighted by molar-refractivity contribution is 5.94. The molecule has 0 saturated carbocycles. The number of amides is 1. The fraction of sp³-hybridized carbons (Fsp3) is 0.391. The van der Waals surface area contributed by atoms with E-state index in [-0.39, 0.29) is 11.7 Å². The average molecular weight is 381 g/mol. The molecule has 1 heterocycles. The van der Waals surface area contributed by atoms with Crippen LogP contribution in [0.15, 0.2) is 42.5 Å². The zero-order valence-electron chi connectivity index (χ0n) is 17.1. The van der Waals surface area contributed by atoms with E-state index in [2.05, 4.69) is 31.4 Å². The van der Waals surface area contributed by atoms with Crippen molar-refractivity contribution in [3.8, 4) is 0 Å². The van der Waals surface area contributed by atoms with E-state index in [1.807, 2.05) is 18.2 Å². The Morgan fingerprint density at radius 2 is 1.96 bits per heavy atom. The molecule has 0 aliphatic carbocycles. The molecule has 0 radical (unpaired) electrons. The second kappa shape index (κ2) is 8.55. The minimum atomic E-state index is -0.353. The first-order chi connectivity index (χ1) is 13.4. The second-order valence-electron chi connectivity index (χ2n) is 7.71. The molecule has 0 saturated heterocycles. The molecule has 148 valence electrons. The van der Waals surface area contributed by atoms with Crippen LogP contribution in [0.4, 0.5) is 4.39 Å². The molecule has 0 atom stereocenters. The number of rotatable bonds is 7. The van der Waals surface area contributed by atoms with Gasteiger partial charge in [-0.3, -0.25) is 4.79 Å². The molecule has 0 fully saturated rings. The van der Waals surface area contributed by atoms with Crippen LogP contribution in [0.1, 0.15) is 48.9 Å². The predicted octanol–water partition coefficient (Wildman–Crippen LogP) is 5.19. The van der Waals surface area contributed by atoms with Gasteiger partial charge in [-0.25, -0.2) is 9.37 Å². The van der Waals surface area contributed by atoms with Gasteiger partial charge in [-0.15, -0.1) is 0 Å². The lowest BCUT2D eigenvalue weighted by molar-refractivity contribution is 0.0715. The molecule has 0 bridgehead atoms. The van der Waals surface area contributed by atoms with Crippen LogP contribution in [0.5, 0.6) is 0 Å². The minimum Gasteiger partial charge on any atom is -0.331 e. The Balaban J connectivity index is 1.96. The molecule has 0 spiro atoms. The van der Waals surface area contributed by atoms with Crippen molar-refractivity contribution < 1.29 is 9.18 Å². The largest absolute Gasteiger partial charge is 0.331 e. The van der Waals surface area contributed by atoms with E-state index >= 15 is 0 Å². The summed E-state index contributed by atoms with van der Waals surface area (Å²) in [7, 11) is 0. The number of para-hydroxylation sites is 2. The van der Waals surface area contributed by atoms with Gasteiger partial charge in [0.2, 0.25) is 0 Å². The third kappa shape index (κ3) is 4.24. The molecule has 2 aromatic carbocycles. The zero-order valence-corrected chi connectivity index (χ0v) is 17.1. The van der Waals surface area contributed by atoms with Gasteiger partial charge in [0.05, 0.1) is 17.6 Å². The Bertz CT molecular complexity index is 977. The molecule has 28 heavy (non-hydrogen) atoms. The van der Waals surface area contributed by atoms with Gasteiger partial charge >= 0.3 is 0 Å². The number of hydrogen-bond donors (Lipinski definition) is 0. The number of carbonyl (C=O) groups excluding carboxylic acids is 1. The summed E-state index contributed by atoms with van der Waals surface area (Å²) in [5, 5.41) is 0. The highest BCUT2D eigenvalue weighted by Gasteiger charge is 2.21. The summed E-state index contributed by atoms with van der Waals surface area (Å²) in [5.74, 6) is 0.643. The van der Waals surface area contributed by atoms with E-state index in [0.717, 1.165) is 29.8 Å². The van der Waals surface area contributed by atoms with Crippen molar-refractivity contribution in [2.24, 2.45) is 5.92 Å². The predicted molar refractivity (Wildman–Crippen MR) is 111 cm³/mol. The van der Waals surface area contributed by atoms with Gasteiger partial charge in [-0.05, 0) is 49.1 Å². The number of aryl methyl sites for hydroxylation is 2. The van der Waals surface area contributed by atoms with E-state index in [9.17, 15) is 9.18 Å². The molecule has 3 aromatic rings. The lowest BCUT2D eigenvalue weighted by Gasteiger charge is -2.25. The first kappa shape index (κ1) is 20.1. The van der Waals surface area contributed by atoms with Crippen molar-refractivity contribution in [1.29, 1.82) is 0 Å². The van der Waals surface area contributed by atoms with Crippen LogP contribution in [0.25, 0.3) is 11.0 Å². The number of imidazole rings is 1. The smallest absolute Gasteiger partial charge is 0.254 e. The maximum Gasteiger partial charge on any atom is 0.254 e. The number of carbonyl (C=O) groups is 1. The summed E-state index contributed by atoms with van der Waals surface area (Å²) >= 11 is 0. The van der Waals surface area contributed by atoms with E-state index < -0.39 is 0 Å². The normalized spacial score (nSPS) is 11.4. The first-order valence-corrected chi connectivity index (χ1v) is 9.90. The maximum absolute atomic E-state index is 14.0. The fourth-order valence-electron chi connectivity index (χ4n) is 3.46. The van der Waals surface area contributed by atoms with E-state index in [1.165, 1.54) is 6.07 Å². The van der Waals surface area contributed by atoms with Crippen LogP contribution in [-0.2, 0) is 13.1 Å². The Hall–Kier alpha value is -2.69. The summed E-state index contributed by atoms with van der Waals surface area (Å²) in [5.41, 5.74) is 2.93. The van der Waals surface area contributed by atoms with Crippen molar-refractivity contribution >= 4 is 16.9 Å². The average Bonchev–Trinajstić information content (AvgIpc) is 3.00. The van der Waals surface area contributed by atoms with Gasteiger partial charge in [0.15, 0.2) is 0 Å². The molecule has 0 unspecified atom stereocenters. The molecule has 1 amide bonds. The Morgan fingerprint density at radius 3 is 2.64 bits per heavy atom. The molecule has 0 aliphatic heterocycles. The van der Waals surface area contributed by atoms with E-state index in [1.54, 1.807) is 24.0 Å². The summed E-state index contributed by atoms with van der Waals surface area (Å²) in [6, 6.07) is 12.7. The number of hydrogen-bond acceptors (Lipinski definition) is 2. The van der Waals surface area contributed by atoms with Crippen molar-refractivity contribution in [2.75, 3.05) is 6.54 Å². The van der Waals surface area contributed by atoms with Crippen LogP contribution in [-0.4, -0.2) is 26.9 Å². The third-order valence-electron chi connectivity index (χ3n) is 4.80. The Labute approximate surface area is 166 Å². The summed E-state index contributed by atoms with van der Waals surface area (Å²) < 4.78 is 16.2. The highest BCUT2D eigenvalue weighted by Crippen LogP contribution is 2.20. The molecule has 3 rings (SSSR count). The first-order valence-electron chi connectivity index (χ1n) is 9.90. The standard InChI is InChI=1S/C23H28FN3O/c1-5-12-27-21-9-7-6-8-20(21)25-22(27)15-26(14-16(2)3)23(28)18-11-10-17(4)19(24)13-18/h6-11,13,16H,5,12,14-15H2,1-4H3. The third-order valence-corrected chi connectivity index (χ3v) is 4.80. The molecule has 0 N–H and O–H groups in total. The monoisotopic (exact) mass is 381 g/mol. The molecular formula is C23H28FN3O. The Kier molecular flexibility index (Phi) is 6.12. The molecule has 5 heteroatoms. The summed E-state index contributed by atoms with van der Waals surface area (Å²) in [6.07, 6.45) is 0.981. The minimum absolute atomic E-state index is 0.164. The lowest BCUT2D eigenvalue weighted by Crippen LogP contribution is -2.34. The number of halogens is 1. The van der Waals surface area contributed by atoms with Crippen LogP contribution >= 0.6 is 0 Å². The highest BCUT2D eigenvalue weighted by atomic mass is 19.1. The van der Waals surface area contributed by atoms with Crippen molar-refractivity contribution in [1.82, 2.24) is 14.5 Å². The number of aromatic nitrogens is 2. The lowest BCUT2D eigenvalue weighted by atomic mass is 10.1. The van der Waals surface area contributed by atoms with Gasteiger partial charge in [0.1, 0.15) is 11.6 Å². The van der Waals surface area contributed by atoms with Gasteiger partial charge in [0, 0.05) is 18.7 Å². The van der Waals surface area contributed by atoms with Crippen LogP contribution in [0.2, 0.25) is 0 Å². The molecule has 4 nitrogen and oxygen atoms in total. The topological polar surface area (TPSA) is 38.1 Å². The SMILES string of the molecule is CCCn1c(CN(CC(C)C)C(=O)c2ccc(C)c(F)c2)nc2ccccc21. The van der Waals surface area contributed by atoms with Gasteiger partial charge < -0.3 is 9.47 Å². The number of nitrogens with zero attached hydrogens (tertiary/aromatic N) is 3. The second-order valence-corrected chi connectivity index (χ2v) is 7.71. The molecular weight excluding hydrogens is 353 g/mol. The maximum atomic E-state index is 14.0. The zero-order chi connectivity index (χ0) is 20.3. The Morgan fingerprint density at radius 1 is 1.21 bits per heavy atom. The molecule has 1 aromatic heterocycles. The van der Waals surface area contributed by atoms with E-state index in [0.29, 0.717) is 30.1 Å². The van der Waals surface area contributed by atoms with Crippen molar-refractivity contribution in [3.05, 3.63) is 65.2 Å². The van der Waals surface area contributed by atoms with Crippen LogP contribution < -0.4 is 0 Å². The van der Waals surface area contributed by atoms with Gasteiger partial charge in [0.25, 0.3) is 5.91 Å². The van der Waals surface area contributed by atoms with Crippen LogP contribution in [0.3, 0.4) is 0 Å². The quantitative estimate of drug-likeness (QED) is 0.565. The van der Waals surface area contributed by atoms with E-state index in [4.69, 9.17) is 4.98 Å². The van der Waals surface area contributed by atoms with Gasteiger partial charge in [-0.2, -0.15) is 0 Å². The van der Waals surface area contributed by atoms with Crippen LogP contribution in [0, 0.1) is 18.7 Å². The fourth-order valence-corrected chi connectivity index (χ4v) is 3.46. The molecule has 0 aliphatic rings. The number of fused-ring (bicyclic) bond motifs is 1. The summed E-state index contributed by atoms with van der Waals surface area (Å²) in [4.78, 5) is 19.7. The number of benzene rings is 2. The summed E-state index contributed by atoms with van der Waals surface area (Å²) in [6.45, 7) is 9.81. The van der Waals surface area contributed by atoms with Crippen molar-refractivity contribution in [3.63, 3.8) is 0 Å². The van der Waals surface area contributed by atoms with Gasteiger partial charge in [-0.1, -0.05) is 39.0 Å². The van der Waals surface area contributed by atoms with Crippen molar-refractivity contribution in [2.45, 2.75) is 47.2 Å².